The number of unbranched alkanes of at least 4 members (excludes halogenated alkanes) is 1. The number of aliphatic hydroxyl groups is 4. The second-order valence-corrected chi connectivity index (χ2v) is 5.93. The summed E-state index contributed by atoms with van der Waals surface area (Å²) >= 11 is 0. The monoisotopic (exact) mass is 314 g/mol. The van der Waals surface area contributed by atoms with Crippen LogP contribution in [-0.4, -0.2) is 44.8 Å². The topological polar surface area (TPSA) is 80.9 Å². The molecule has 0 saturated heterocycles. The van der Waals surface area contributed by atoms with E-state index in [2.05, 4.69) is 6.92 Å². The molecule has 0 aromatic heterocycles. The number of aliphatic hydroxyl groups excluding tert-OH is 4. The van der Waals surface area contributed by atoms with E-state index in [4.69, 9.17) is 0 Å². The summed E-state index contributed by atoms with van der Waals surface area (Å²) in [5.41, 5.74) is 0. The third kappa shape index (κ3) is 13.0. The van der Waals surface area contributed by atoms with Crippen LogP contribution in [0.2, 0.25) is 0 Å². The molecule has 0 aliphatic carbocycles. The number of hydrogen-bond donors (Lipinski definition) is 4. The van der Waals surface area contributed by atoms with E-state index in [9.17, 15) is 20.4 Å². The molecule has 4 atom stereocenters. The second kappa shape index (κ2) is 13.9. The normalized spacial score (nSPS) is 17.9. The lowest BCUT2D eigenvalue weighted by Gasteiger charge is -2.12. The molecule has 0 bridgehead atoms. The fourth-order valence-corrected chi connectivity index (χ4v) is 2.16. The summed E-state index contributed by atoms with van der Waals surface area (Å²) < 4.78 is 0. The molecular formula is C18H34O4. The van der Waals surface area contributed by atoms with Gasteiger partial charge in [-0.05, 0) is 32.1 Å². The van der Waals surface area contributed by atoms with Gasteiger partial charge in [0.05, 0.1) is 24.4 Å². The van der Waals surface area contributed by atoms with Crippen LogP contribution < -0.4 is 0 Å². The lowest BCUT2D eigenvalue weighted by atomic mass is 10.1. The number of hydrogen-bond acceptors (Lipinski definition) is 4. The van der Waals surface area contributed by atoms with Crippen molar-refractivity contribution >= 4 is 0 Å². The average Bonchev–Trinajstić information content (AvgIpc) is 2.49. The molecule has 22 heavy (non-hydrogen) atoms. The van der Waals surface area contributed by atoms with Gasteiger partial charge in [-0.25, -0.2) is 0 Å². The van der Waals surface area contributed by atoms with E-state index in [1.807, 2.05) is 6.92 Å². The second-order valence-electron chi connectivity index (χ2n) is 5.93. The first-order chi connectivity index (χ1) is 10.5. The molecule has 0 aliphatic heterocycles. The third-order valence-corrected chi connectivity index (χ3v) is 3.69. The van der Waals surface area contributed by atoms with E-state index in [-0.39, 0.29) is 6.10 Å². The fourth-order valence-electron chi connectivity index (χ4n) is 2.16. The highest BCUT2D eigenvalue weighted by atomic mass is 16.3. The Labute approximate surface area is 135 Å². The molecule has 0 aromatic carbocycles. The van der Waals surface area contributed by atoms with Crippen LogP contribution >= 0.6 is 0 Å². The maximum Gasteiger partial charge on any atom is 0.0748 e. The zero-order chi connectivity index (χ0) is 16.8. The van der Waals surface area contributed by atoms with Crippen molar-refractivity contribution in [2.75, 3.05) is 0 Å². The molecule has 0 amide bonds. The molecular weight excluding hydrogens is 280 g/mol. The Kier molecular flexibility index (Phi) is 13.5. The highest BCUT2D eigenvalue weighted by Gasteiger charge is 2.08. The summed E-state index contributed by atoms with van der Waals surface area (Å²) in [6.45, 7) is 4.01. The van der Waals surface area contributed by atoms with E-state index >= 15 is 0 Å². The summed E-state index contributed by atoms with van der Waals surface area (Å²) in [7, 11) is 0. The molecule has 0 aromatic rings. The molecule has 0 rings (SSSR count). The predicted molar refractivity (Wildman–Crippen MR) is 90.6 cm³/mol. The van der Waals surface area contributed by atoms with Crippen LogP contribution in [0.5, 0.6) is 0 Å². The van der Waals surface area contributed by atoms with Crippen LogP contribution in [0.1, 0.15) is 65.2 Å². The zero-order valence-corrected chi connectivity index (χ0v) is 14.1. The molecule has 130 valence electrons. The van der Waals surface area contributed by atoms with Gasteiger partial charge in [-0.1, -0.05) is 51.0 Å². The maximum atomic E-state index is 9.74. The molecule has 0 heterocycles. The average molecular weight is 314 g/mol. The van der Waals surface area contributed by atoms with Crippen molar-refractivity contribution in [3.8, 4) is 0 Å². The van der Waals surface area contributed by atoms with Crippen molar-refractivity contribution in [3.63, 3.8) is 0 Å². The molecule has 4 heteroatoms. The summed E-state index contributed by atoms with van der Waals surface area (Å²) in [6, 6.07) is 0. The van der Waals surface area contributed by atoms with E-state index in [1.165, 1.54) is 0 Å². The van der Waals surface area contributed by atoms with Crippen LogP contribution in [0.4, 0.5) is 0 Å². The highest BCUT2D eigenvalue weighted by molar-refractivity contribution is 5.06. The van der Waals surface area contributed by atoms with Crippen molar-refractivity contribution in [2.24, 2.45) is 0 Å². The van der Waals surface area contributed by atoms with Crippen LogP contribution in [0.3, 0.4) is 0 Å². The standard InChI is InChI=1S/C18H34O4/c1-3-5-9-17(21)14-18(22)11-7-6-10-16(20)13-8-12-15(19)4-2/h6-7,10-11,15-22H,3-5,8-9,12-14H2,1-2H3. The van der Waals surface area contributed by atoms with Gasteiger partial charge in [0, 0.05) is 6.42 Å². The van der Waals surface area contributed by atoms with Crippen molar-refractivity contribution in [2.45, 2.75) is 89.6 Å². The molecule has 0 saturated carbocycles. The Morgan fingerprint density at radius 1 is 0.727 bits per heavy atom. The van der Waals surface area contributed by atoms with E-state index < -0.39 is 18.3 Å². The summed E-state index contributed by atoms with van der Waals surface area (Å²) in [5.74, 6) is 0. The van der Waals surface area contributed by atoms with Gasteiger partial charge in [0.25, 0.3) is 0 Å². The quantitative estimate of drug-likeness (QED) is 0.394. The van der Waals surface area contributed by atoms with Gasteiger partial charge in [0.1, 0.15) is 0 Å². The van der Waals surface area contributed by atoms with Gasteiger partial charge in [0.15, 0.2) is 0 Å². The maximum absolute atomic E-state index is 9.74. The Bertz CT molecular complexity index is 301. The summed E-state index contributed by atoms with van der Waals surface area (Å²) in [5, 5.41) is 38.6. The van der Waals surface area contributed by atoms with Gasteiger partial charge >= 0.3 is 0 Å². The summed E-state index contributed by atoms with van der Waals surface area (Å²) in [6.07, 6.45) is 10.7. The molecule has 4 N–H and O–H groups in total. The van der Waals surface area contributed by atoms with E-state index in [0.717, 1.165) is 32.1 Å². The molecule has 0 radical (unpaired) electrons. The molecule has 0 fully saturated rings. The minimum atomic E-state index is -0.659. The van der Waals surface area contributed by atoms with Crippen molar-refractivity contribution in [1.29, 1.82) is 0 Å². The SMILES string of the molecule is CCCCC(O)CC(O)C=CC=CC(O)CCCC(O)CC. The van der Waals surface area contributed by atoms with Crippen molar-refractivity contribution < 1.29 is 20.4 Å². The lowest BCUT2D eigenvalue weighted by molar-refractivity contribution is 0.0961. The molecule has 4 nitrogen and oxygen atoms in total. The van der Waals surface area contributed by atoms with E-state index in [1.54, 1.807) is 24.3 Å². The Hall–Kier alpha value is -0.680. The van der Waals surface area contributed by atoms with Gasteiger partial charge in [-0.3, -0.25) is 0 Å². The number of rotatable bonds is 13. The van der Waals surface area contributed by atoms with Crippen LogP contribution in [0.25, 0.3) is 0 Å². The van der Waals surface area contributed by atoms with Crippen molar-refractivity contribution in [3.05, 3.63) is 24.3 Å². The zero-order valence-electron chi connectivity index (χ0n) is 14.1. The highest BCUT2D eigenvalue weighted by Crippen LogP contribution is 2.09. The Morgan fingerprint density at radius 2 is 1.32 bits per heavy atom. The van der Waals surface area contributed by atoms with Crippen LogP contribution in [0, 0.1) is 0 Å². The first-order valence-corrected chi connectivity index (χ1v) is 8.56. The lowest BCUT2D eigenvalue weighted by Crippen LogP contribution is -2.15. The van der Waals surface area contributed by atoms with E-state index in [0.29, 0.717) is 19.3 Å². The smallest absolute Gasteiger partial charge is 0.0748 e. The van der Waals surface area contributed by atoms with Gasteiger partial charge < -0.3 is 20.4 Å². The third-order valence-electron chi connectivity index (χ3n) is 3.69. The summed E-state index contributed by atoms with van der Waals surface area (Å²) in [4.78, 5) is 0. The fraction of sp³-hybridized carbons (Fsp3) is 0.778. The molecule has 4 unspecified atom stereocenters. The van der Waals surface area contributed by atoms with Crippen molar-refractivity contribution in [1.82, 2.24) is 0 Å². The van der Waals surface area contributed by atoms with Crippen LogP contribution in [-0.2, 0) is 0 Å². The predicted octanol–water partition coefficient (Wildman–Crippen LogP) is 2.70. The van der Waals surface area contributed by atoms with Gasteiger partial charge in [-0.2, -0.15) is 0 Å². The molecule has 0 spiro atoms. The van der Waals surface area contributed by atoms with Gasteiger partial charge in [-0.15, -0.1) is 0 Å². The number of allylic oxidation sites excluding steroid dienone is 2. The van der Waals surface area contributed by atoms with Gasteiger partial charge in [0.2, 0.25) is 0 Å². The van der Waals surface area contributed by atoms with Crippen LogP contribution in [0.15, 0.2) is 24.3 Å². The minimum Gasteiger partial charge on any atom is -0.393 e. The molecule has 0 aliphatic rings. The first kappa shape index (κ1) is 21.3. The Morgan fingerprint density at radius 3 is 1.91 bits per heavy atom. The minimum absolute atomic E-state index is 0.273. The largest absolute Gasteiger partial charge is 0.393 e. The first-order valence-electron chi connectivity index (χ1n) is 8.56. The Balaban J connectivity index is 3.84.